The second-order valence-corrected chi connectivity index (χ2v) is 6.38. The van der Waals surface area contributed by atoms with Crippen LogP contribution in [0.15, 0.2) is 22.7 Å². The zero-order valence-electron chi connectivity index (χ0n) is 11.9. The number of likely N-dealkylation sites (N-methyl/N-ethyl adjacent to an activating group) is 2. The van der Waals surface area contributed by atoms with Gasteiger partial charge in [-0.05, 0) is 50.7 Å². The first kappa shape index (κ1) is 14.8. The average molecular weight is 326 g/mol. The van der Waals surface area contributed by atoms with E-state index in [-0.39, 0.29) is 0 Å². The molecule has 1 fully saturated rings. The predicted octanol–water partition coefficient (Wildman–Crippen LogP) is 2.95. The molecule has 106 valence electrons. The topological polar surface area (TPSA) is 32.5 Å². The van der Waals surface area contributed by atoms with Crippen molar-refractivity contribution in [1.29, 1.82) is 0 Å². The first-order chi connectivity index (χ1) is 9.10. The summed E-state index contributed by atoms with van der Waals surface area (Å²) in [4.78, 5) is 4.97. The third-order valence-corrected chi connectivity index (χ3v) is 4.47. The third-order valence-electron chi connectivity index (χ3n) is 3.98. The maximum Gasteiger partial charge on any atom is 0.0371 e. The highest BCUT2D eigenvalue weighted by molar-refractivity contribution is 9.10. The number of likely N-dealkylation sites (tertiary alicyclic amines) is 1. The standard InChI is InChI=1S/C15H24BrN3/c1-3-19-8-4-5-14(19)11-18(2)10-12-6-7-13(16)9-15(12)17/h6-7,9,14H,3-5,8,10-11,17H2,1-2H3. The van der Waals surface area contributed by atoms with E-state index in [0.717, 1.165) is 23.2 Å². The van der Waals surface area contributed by atoms with Crippen molar-refractivity contribution in [2.75, 3.05) is 32.4 Å². The van der Waals surface area contributed by atoms with Crippen molar-refractivity contribution < 1.29 is 0 Å². The van der Waals surface area contributed by atoms with Crippen LogP contribution in [0.3, 0.4) is 0 Å². The SMILES string of the molecule is CCN1CCCC1CN(C)Cc1ccc(Br)cc1N. The van der Waals surface area contributed by atoms with E-state index >= 15 is 0 Å². The summed E-state index contributed by atoms with van der Waals surface area (Å²) in [6.45, 7) is 6.73. The van der Waals surface area contributed by atoms with Gasteiger partial charge in [0.25, 0.3) is 0 Å². The molecule has 0 saturated carbocycles. The first-order valence-corrected chi connectivity index (χ1v) is 7.86. The van der Waals surface area contributed by atoms with Crippen LogP contribution < -0.4 is 5.73 Å². The van der Waals surface area contributed by atoms with Gasteiger partial charge in [-0.15, -0.1) is 0 Å². The van der Waals surface area contributed by atoms with Gasteiger partial charge in [0.2, 0.25) is 0 Å². The van der Waals surface area contributed by atoms with Crippen LogP contribution in [-0.4, -0.2) is 42.5 Å². The summed E-state index contributed by atoms with van der Waals surface area (Å²) in [5, 5.41) is 0. The van der Waals surface area contributed by atoms with E-state index in [1.54, 1.807) is 0 Å². The molecule has 1 unspecified atom stereocenters. The zero-order chi connectivity index (χ0) is 13.8. The Hall–Kier alpha value is -0.580. The summed E-state index contributed by atoms with van der Waals surface area (Å²) in [5.74, 6) is 0. The molecule has 2 rings (SSSR count). The number of hydrogen-bond acceptors (Lipinski definition) is 3. The molecule has 0 radical (unpaired) electrons. The zero-order valence-corrected chi connectivity index (χ0v) is 13.5. The smallest absolute Gasteiger partial charge is 0.0371 e. The molecule has 0 bridgehead atoms. The monoisotopic (exact) mass is 325 g/mol. The van der Waals surface area contributed by atoms with Crippen molar-refractivity contribution in [3.8, 4) is 0 Å². The number of nitrogens with zero attached hydrogens (tertiary/aromatic N) is 2. The van der Waals surface area contributed by atoms with Crippen molar-refractivity contribution in [2.45, 2.75) is 32.4 Å². The van der Waals surface area contributed by atoms with Gasteiger partial charge in [-0.2, -0.15) is 0 Å². The summed E-state index contributed by atoms with van der Waals surface area (Å²) >= 11 is 3.45. The fourth-order valence-electron chi connectivity index (χ4n) is 2.94. The summed E-state index contributed by atoms with van der Waals surface area (Å²) in [7, 11) is 2.19. The lowest BCUT2D eigenvalue weighted by molar-refractivity contribution is 0.195. The Kier molecular flexibility index (Phi) is 5.25. The van der Waals surface area contributed by atoms with E-state index < -0.39 is 0 Å². The maximum absolute atomic E-state index is 6.06. The minimum atomic E-state index is 0.715. The molecule has 3 nitrogen and oxygen atoms in total. The quantitative estimate of drug-likeness (QED) is 0.845. The summed E-state index contributed by atoms with van der Waals surface area (Å²) < 4.78 is 1.05. The predicted molar refractivity (Wildman–Crippen MR) is 85.2 cm³/mol. The van der Waals surface area contributed by atoms with E-state index in [0.29, 0.717) is 6.04 Å². The second kappa shape index (κ2) is 6.73. The fourth-order valence-corrected chi connectivity index (χ4v) is 3.32. The number of benzene rings is 1. The lowest BCUT2D eigenvalue weighted by Crippen LogP contribution is -2.38. The fraction of sp³-hybridized carbons (Fsp3) is 0.600. The van der Waals surface area contributed by atoms with Crippen LogP contribution in [0.25, 0.3) is 0 Å². The molecular formula is C15H24BrN3. The largest absolute Gasteiger partial charge is 0.398 e. The molecule has 19 heavy (non-hydrogen) atoms. The molecule has 4 heteroatoms. The molecule has 1 aliphatic heterocycles. The minimum Gasteiger partial charge on any atom is -0.398 e. The van der Waals surface area contributed by atoms with Gasteiger partial charge in [-0.3, -0.25) is 4.90 Å². The highest BCUT2D eigenvalue weighted by Gasteiger charge is 2.23. The summed E-state index contributed by atoms with van der Waals surface area (Å²) in [6, 6.07) is 6.87. The van der Waals surface area contributed by atoms with Crippen molar-refractivity contribution in [2.24, 2.45) is 0 Å². The normalized spacial score (nSPS) is 20.3. The van der Waals surface area contributed by atoms with Crippen LogP contribution >= 0.6 is 15.9 Å². The molecule has 1 atom stereocenters. The molecule has 0 aliphatic carbocycles. The second-order valence-electron chi connectivity index (χ2n) is 5.46. The number of halogens is 1. The number of nitrogens with two attached hydrogens (primary N) is 1. The van der Waals surface area contributed by atoms with Crippen molar-refractivity contribution in [3.05, 3.63) is 28.2 Å². The number of anilines is 1. The highest BCUT2D eigenvalue weighted by atomic mass is 79.9. The first-order valence-electron chi connectivity index (χ1n) is 7.06. The summed E-state index contributed by atoms with van der Waals surface area (Å²) in [6.07, 6.45) is 2.67. The van der Waals surface area contributed by atoms with Crippen LogP contribution in [0, 0.1) is 0 Å². The van der Waals surface area contributed by atoms with E-state index in [9.17, 15) is 0 Å². The van der Waals surface area contributed by atoms with Crippen LogP contribution in [0.4, 0.5) is 5.69 Å². The van der Waals surface area contributed by atoms with Gasteiger partial charge >= 0.3 is 0 Å². The summed E-state index contributed by atoms with van der Waals surface area (Å²) in [5.41, 5.74) is 8.15. The van der Waals surface area contributed by atoms with Crippen molar-refractivity contribution in [1.82, 2.24) is 9.80 Å². The minimum absolute atomic E-state index is 0.715. The number of rotatable bonds is 5. The van der Waals surface area contributed by atoms with Gasteiger partial charge in [-0.25, -0.2) is 0 Å². The Labute approximate surface area is 124 Å². The Morgan fingerprint density at radius 3 is 2.95 bits per heavy atom. The molecule has 0 spiro atoms. The van der Waals surface area contributed by atoms with Crippen molar-refractivity contribution in [3.63, 3.8) is 0 Å². The van der Waals surface area contributed by atoms with Crippen molar-refractivity contribution >= 4 is 21.6 Å². The average Bonchev–Trinajstić information content (AvgIpc) is 2.80. The molecule has 0 amide bonds. The van der Waals surface area contributed by atoms with Gasteiger partial charge in [0.15, 0.2) is 0 Å². The Balaban J connectivity index is 1.92. The van der Waals surface area contributed by atoms with E-state index in [1.165, 1.54) is 31.5 Å². The van der Waals surface area contributed by atoms with Gasteiger partial charge < -0.3 is 10.6 Å². The number of hydrogen-bond donors (Lipinski definition) is 1. The van der Waals surface area contributed by atoms with Crippen LogP contribution in [0.1, 0.15) is 25.3 Å². The lowest BCUT2D eigenvalue weighted by Gasteiger charge is -2.28. The Morgan fingerprint density at radius 2 is 2.26 bits per heavy atom. The van der Waals surface area contributed by atoms with Crippen LogP contribution in [0.2, 0.25) is 0 Å². The molecule has 1 saturated heterocycles. The van der Waals surface area contributed by atoms with Gasteiger partial charge in [0, 0.05) is 29.3 Å². The third kappa shape index (κ3) is 3.94. The molecule has 1 aromatic carbocycles. The van der Waals surface area contributed by atoms with E-state index in [1.807, 2.05) is 6.07 Å². The molecule has 1 aliphatic rings. The molecule has 0 aromatic heterocycles. The molecule has 2 N–H and O–H groups in total. The van der Waals surface area contributed by atoms with E-state index in [4.69, 9.17) is 5.73 Å². The molecular weight excluding hydrogens is 302 g/mol. The Bertz CT molecular complexity index is 422. The maximum atomic E-state index is 6.06. The number of nitrogen functional groups attached to an aromatic ring is 1. The molecule has 1 aromatic rings. The highest BCUT2D eigenvalue weighted by Crippen LogP contribution is 2.21. The van der Waals surface area contributed by atoms with E-state index in [2.05, 4.69) is 51.8 Å². The molecule has 1 heterocycles. The Morgan fingerprint density at radius 1 is 1.47 bits per heavy atom. The van der Waals surface area contributed by atoms with Crippen LogP contribution in [0.5, 0.6) is 0 Å². The van der Waals surface area contributed by atoms with Gasteiger partial charge in [0.05, 0.1) is 0 Å². The lowest BCUT2D eigenvalue weighted by atomic mass is 10.1. The van der Waals surface area contributed by atoms with Gasteiger partial charge in [0.1, 0.15) is 0 Å². The van der Waals surface area contributed by atoms with Crippen LogP contribution in [-0.2, 0) is 6.54 Å². The van der Waals surface area contributed by atoms with Gasteiger partial charge in [-0.1, -0.05) is 28.9 Å².